The number of halogens is 1. The van der Waals surface area contributed by atoms with E-state index in [1.54, 1.807) is 17.4 Å². The van der Waals surface area contributed by atoms with E-state index in [2.05, 4.69) is 43.9 Å². The Labute approximate surface area is 106 Å². The van der Waals surface area contributed by atoms with Crippen molar-refractivity contribution < 1.29 is 0 Å². The number of nitrogens with zero attached hydrogens (tertiary/aromatic N) is 3. The highest BCUT2D eigenvalue weighted by molar-refractivity contribution is 14.1. The Bertz CT molecular complexity index is 420. The van der Waals surface area contributed by atoms with Crippen molar-refractivity contribution in [1.29, 1.82) is 5.26 Å². The van der Waals surface area contributed by atoms with Crippen molar-refractivity contribution in [3.05, 3.63) is 26.0 Å². The van der Waals surface area contributed by atoms with Gasteiger partial charge in [-0.2, -0.15) is 5.26 Å². The van der Waals surface area contributed by atoms with E-state index in [9.17, 15) is 0 Å². The van der Waals surface area contributed by atoms with Crippen molar-refractivity contribution in [3.8, 4) is 6.07 Å². The smallest absolute Gasteiger partial charge is 0.154 e. The lowest BCUT2D eigenvalue weighted by molar-refractivity contribution is 0.392. The molecule has 1 aliphatic rings. The first-order valence-corrected chi connectivity index (χ1v) is 6.38. The third-order valence-electron chi connectivity index (χ3n) is 2.10. The summed E-state index contributed by atoms with van der Waals surface area (Å²) < 4.78 is 1.06. The lowest BCUT2D eigenvalue weighted by atomic mass is 10.4. The van der Waals surface area contributed by atoms with Gasteiger partial charge in [-0.25, -0.2) is 4.98 Å². The van der Waals surface area contributed by atoms with E-state index >= 15 is 0 Å². The largest absolute Gasteiger partial charge is 0.369 e. The maximum Gasteiger partial charge on any atom is 0.154 e. The maximum absolute atomic E-state index is 8.61. The van der Waals surface area contributed by atoms with Crippen molar-refractivity contribution in [3.63, 3.8) is 0 Å². The lowest BCUT2D eigenvalue weighted by Crippen LogP contribution is -2.18. The fraction of sp³-hybridized carbons (Fsp3) is 0.333. The molecule has 4 nitrogen and oxygen atoms in total. The van der Waals surface area contributed by atoms with Crippen LogP contribution in [-0.2, 0) is 6.54 Å². The first-order chi connectivity index (χ1) is 7.29. The van der Waals surface area contributed by atoms with Gasteiger partial charge in [0.2, 0.25) is 0 Å². The summed E-state index contributed by atoms with van der Waals surface area (Å²) >= 11 is 3.91. The number of hydrogen-bond donors (Lipinski definition) is 1. The van der Waals surface area contributed by atoms with Crippen LogP contribution in [0.2, 0.25) is 0 Å². The molecule has 0 amide bonds. The normalized spacial score (nSPS) is 17.9. The van der Waals surface area contributed by atoms with Gasteiger partial charge in [0.1, 0.15) is 5.82 Å². The SMILES string of the molecule is N#C/C=C1\NCCN1Cc1cnc(I)s1. The molecule has 0 aromatic carbocycles. The number of nitrogens with one attached hydrogen (secondary N) is 1. The minimum atomic E-state index is 0.835. The van der Waals surface area contributed by atoms with Crippen molar-refractivity contribution in [1.82, 2.24) is 15.2 Å². The van der Waals surface area contributed by atoms with Crippen LogP contribution in [-0.4, -0.2) is 23.0 Å². The monoisotopic (exact) mass is 332 g/mol. The summed E-state index contributed by atoms with van der Waals surface area (Å²) in [5.74, 6) is 0.918. The second kappa shape index (κ2) is 4.81. The Morgan fingerprint density at radius 1 is 1.80 bits per heavy atom. The van der Waals surface area contributed by atoms with Crippen LogP contribution >= 0.6 is 33.9 Å². The summed E-state index contributed by atoms with van der Waals surface area (Å²) in [5, 5.41) is 11.8. The number of nitriles is 1. The Kier molecular flexibility index (Phi) is 3.43. The van der Waals surface area contributed by atoms with Crippen LogP contribution in [0, 0.1) is 14.3 Å². The molecule has 2 rings (SSSR count). The van der Waals surface area contributed by atoms with Gasteiger partial charge in [0, 0.05) is 24.2 Å². The third kappa shape index (κ3) is 2.60. The molecule has 0 spiro atoms. The van der Waals surface area contributed by atoms with E-state index in [4.69, 9.17) is 5.26 Å². The van der Waals surface area contributed by atoms with Gasteiger partial charge >= 0.3 is 0 Å². The zero-order valence-corrected chi connectivity index (χ0v) is 10.9. The molecule has 0 aliphatic carbocycles. The first kappa shape index (κ1) is 10.7. The van der Waals surface area contributed by atoms with Crippen LogP contribution in [0.1, 0.15) is 4.88 Å². The minimum Gasteiger partial charge on any atom is -0.369 e. The molecular weight excluding hydrogens is 323 g/mol. The van der Waals surface area contributed by atoms with Crippen molar-refractivity contribution >= 4 is 33.9 Å². The van der Waals surface area contributed by atoms with Gasteiger partial charge in [0.15, 0.2) is 3.01 Å². The fourth-order valence-corrected chi connectivity index (χ4v) is 3.10. The number of rotatable bonds is 2. The number of thiazole rings is 1. The van der Waals surface area contributed by atoms with Crippen molar-refractivity contribution in [2.24, 2.45) is 0 Å². The summed E-state index contributed by atoms with van der Waals surface area (Å²) in [6.07, 6.45) is 3.45. The molecule has 0 unspecified atom stereocenters. The van der Waals surface area contributed by atoms with Gasteiger partial charge in [0.25, 0.3) is 0 Å². The first-order valence-electron chi connectivity index (χ1n) is 4.48. The molecule has 78 valence electrons. The molecule has 1 saturated heterocycles. The Hall–Kier alpha value is -0.810. The molecule has 0 bridgehead atoms. The summed E-state index contributed by atoms with van der Waals surface area (Å²) in [4.78, 5) is 7.59. The molecule has 1 fully saturated rings. The summed E-state index contributed by atoms with van der Waals surface area (Å²) in [6.45, 7) is 2.69. The molecule has 1 aromatic rings. The quantitative estimate of drug-likeness (QED) is 0.659. The lowest BCUT2D eigenvalue weighted by Gasteiger charge is -2.16. The van der Waals surface area contributed by atoms with Gasteiger partial charge < -0.3 is 10.2 Å². The minimum absolute atomic E-state index is 0.835. The molecule has 1 aliphatic heterocycles. The molecule has 0 radical (unpaired) electrons. The standard InChI is InChI=1S/C9H9IN4S/c10-9-13-5-7(15-9)6-14-4-3-12-8(14)1-2-11/h1,5,12H,3-4,6H2/b8-1+. The van der Waals surface area contributed by atoms with E-state index in [0.29, 0.717) is 0 Å². The van der Waals surface area contributed by atoms with Crippen LogP contribution in [0.3, 0.4) is 0 Å². The zero-order valence-electron chi connectivity index (χ0n) is 7.90. The van der Waals surface area contributed by atoms with E-state index in [1.165, 1.54) is 4.88 Å². The van der Waals surface area contributed by atoms with Crippen molar-refractivity contribution in [2.75, 3.05) is 13.1 Å². The molecule has 0 saturated carbocycles. The van der Waals surface area contributed by atoms with Crippen LogP contribution in [0.5, 0.6) is 0 Å². The van der Waals surface area contributed by atoms with E-state index in [0.717, 1.165) is 28.5 Å². The molecular formula is C9H9IN4S. The van der Waals surface area contributed by atoms with Gasteiger partial charge in [-0.15, -0.1) is 11.3 Å². The summed E-state index contributed by atoms with van der Waals surface area (Å²) in [5.41, 5.74) is 0. The van der Waals surface area contributed by atoms with Gasteiger partial charge in [0.05, 0.1) is 18.7 Å². The maximum atomic E-state index is 8.61. The van der Waals surface area contributed by atoms with Crippen LogP contribution in [0.25, 0.3) is 0 Å². The molecule has 6 heteroatoms. The Morgan fingerprint density at radius 2 is 2.67 bits per heavy atom. The second-order valence-electron chi connectivity index (χ2n) is 3.09. The van der Waals surface area contributed by atoms with Gasteiger partial charge in [-0.1, -0.05) is 0 Å². The summed E-state index contributed by atoms with van der Waals surface area (Å²) in [7, 11) is 0. The van der Waals surface area contributed by atoms with Gasteiger partial charge in [-0.05, 0) is 22.6 Å². The number of allylic oxidation sites excluding steroid dienone is 1. The molecule has 0 atom stereocenters. The third-order valence-corrected chi connectivity index (χ3v) is 3.81. The highest BCUT2D eigenvalue weighted by Crippen LogP contribution is 2.19. The van der Waals surface area contributed by atoms with Crippen molar-refractivity contribution in [2.45, 2.75) is 6.54 Å². The summed E-state index contributed by atoms with van der Waals surface area (Å²) in [6, 6.07) is 2.05. The molecule has 1 N–H and O–H groups in total. The topological polar surface area (TPSA) is 52.0 Å². The predicted molar refractivity (Wildman–Crippen MR) is 66.9 cm³/mol. The zero-order chi connectivity index (χ0) is 10.7. The number of hydrogen-bond acceptors (Lipinski definition) is 5. The molecule has 15 heavy (non-hydrogen) atoms. The average molecular weight is 332 g/mol. The van der Waals surface area contributed by atoms with Crippen LogP contribution in [0.15, 0.2) is 18.1 Å². The van der Waals surface area contributed by atoms with Crippen LogP contribution in [0.4, 0.5) is 0 Å². The Balaban J connectivity index is 2.06. The van der Waals surface area contributed by atoms with E-state index in [1.807, 2.05) is 6.20 Å². The highest BCUT2D eigenvalue weighted by Gasteiger charge is 2.16. The highest BCUT2D eigenvalue weighted by atomic mass is 127. The number of aromatic nitrogens is 1. The second-order valence-corrected chi connectivity index (χ2v) is 5.96. The average Bonchev–Trinajstić information content (AvgIpc) is 2.78. The molecule has 1 aromatic heterocycles. The van der Waals surface area contributed by atoms with E-state index in [-0.39, 0.29) is 0 Å². The van der Waals surface area contributed by atoms with E-state index < -0.39 is 0 Å². The molecule has 2 heterocycles. The van der Waals surface area contributed by atoms with Gasteiger partial charge in [-0.3, -0.25) is 0 Å². The van der Waals surface area contributed by atoms with Crippen LogP contribution < -0.4 is 5.32 Å². The fourth-order valence-electron chi connectivity index (χ4n) is 1.46. The predicted octanol–water partition coefficient (Wildman–Crippen LogP) is 1.52. The Morgan fingerprint density at radius 3 is 3.33 bits per heavy atom.